The summed E-state index contributed by atoms with van der Waals surface area (Å²) < 4.78 is 0. The normalized spacial score (nSPS) is 9.26. The number of hydrogen-bond donors (Lipinski definition) is 2. The molecule has 3 nitrogen and oxygen atoms in total. The van der Waals surface area contributed by atoms with Gasteiger partial charge in [0.1, 0.15) is 0 Å². The largest absolute Gasteiger partial charge is 0.399 e. The fourth-order valence-electron chi connectivity index (χ4n) is 3.48. The van der Waals surface area contributed by atoms with Crippen molar-refractivity contribution in [2.45, 2.75) is 109 Å². The molecule has 0 saturated carbocycles. The summed E-state index contributed by atoms with van der Waals surface area (Å²) >= 11 is 0. The molecule has 0 unspecified atom stereocenters. The van der Waals surface area contributed by atoms with Crippen molar-refractivity contribution in [2.24, 2.45) is 0 Å². The van der Waals surface area contributed by atoms with E-state index in [1.165, 1.54) is 16.7 Å². The molecular formula is C31H57N3. The van der Waals surface area contributed by atoms with Gasteiger partial charge in [-0.3, -0.25) is 4.90 Å². The Hall–Kier alpha value is -2.26. The van der Waals surface area contributed by atoms with Crippen molar-refractivity contribution in [3.05, 3.63) is 65.2 Å². The van der Waals surface area contributed by atoms with E-state index in [9.17, 15) is 0 Å². The molecule has 0 amide bonds. The second-order valence-corrected chi connectivity index (χ2v) is 7.22. The van der Waals surface area contributed by atoms with Crippen molar-refractivity contribution in [3.8, 4) is 0 Å². The lowest BCUT2D eigenvalue weighted by Gasteiger charge is -2.27. The molecule has 2 rings (SSSR count). The smallest absolute Gasteiger partial charge is 0.0415 e. The highest BCUT2D eigenvalue weighted by Gasteiger charge is 2.14. The summed E-state index contributed by atoms with van der Waals surface area (Å²) in [4.78, 5) is 2.44. The Balaban J connectivity index is -0.00000108. The molecule has 3 N–H and O–H groups in total. The Kier molecular flexibility index (Phi) is 24.1. The van der Waals surface area contributed by atoms with Crippen molar-refractivity contribution in [1.82, 2.24) is 4.90 Å². The van der Waals surface area contributed by atoms with Gasteiger partial charge >= 0.3 is 0 Å². The third-order valence-electron chi connectivity index (χ3n) is 5.11. The van der Waals surface area contributed by atoms with Crippen molar-refractivity contribution < 1.29 is 0 Å². The number of nitrogen functional groups attached to an aromatic ring is 1. The molecule has 0 aliphatic rings. The van der Waals surface area contributed by atoms with Crippen LogP contribution < -0.4 is 11.1 Å². The van der Waals surface area contributed by atoms with Crippen LogP contribution >= 0.6 is 0 Å². The third-order valence-corrected chi connectivity index (χ3v) is 5.11. The first-order chi connectivity index (χ1) is 16.3. The molecule has 0 saturated heterocycles. The Labute approximate surface area is 213 Å². The second kappa shape index (κ2) is 22.5. The van der Waals surface area contributed by atoms with Crippen molar-refractivity contribution >= 4 is 17.1 Å². The number of nitrogens with two attached hydrogens (primary N) is 1. The molecule has 0 bridgehead atoms. The third kappa shape index (κ3) is 12.8. The first-order valence-corrected chi connectivity index (χ1v) is 13.5. The fourth-order valence-corrected chi connectivity index (χ4v) is 3.48. The quantitative estimate of drug-likeness (QED) is 0.376. The molecule has 0 aromatic heterocycles. The highest BCUT2D eigenvalue weighted by Crippen LogP contribution is 2.26. The van der Waals surface area contributed by atoms with E-state index in [1.807, 2.05) is 73.6 Å². The van der Waals surface area contributed by atoms with Crippen molar-refractivity contribution in [3.63, 3.8) is 0 Å². The van der Waals surface area contributed by atoms with Crippen molar-refractivity contribution in [2.75, 3.05) is 18.1 Å². The van der Waals surface area contributed by atoms with E-state index >= 15 is 0 Å². The standard InChI is InChI=1S/C23H33N3.4C2H6/c1-7-21(8-2)26(6)15-19-10-9-16(3)13-22(19)18(5)25-23-12-11-20(24)14-17(23)4;4*1-2/h9-14,21,25H,5,7-8,15,24H2,1-4,6H3;4*1-2H3. The summed E-state index contributed by atoms with van der Waals surface area (Å²) in [5.41, 5.74) is 13.5. The van der Waals surface area contributed by atoms with E-state index in [2.05, 4.69) is 69.7 Å². The number of nitrogens with one attached hydrogen (secondary N) is 1. The first-order valence-electron chi connectivity index (χ1n) is 13.5. The average Bonchev–Trinajstić information content (AvgIpc) is 2.87. The van der Waals surface area contributed by atoms with E-state index in [0.717, 1.165) is 42.0 Å². The Morgan fingerprint density at radius 2 is 1.41 bits per heavy atom. The Morgan fingerprint density at radius 3 is 1.88 bits per heavy atom. The van der Waals surface area contributed by atoms with Gasteiger partial charge in [0.25, 0.3) is 0 Å². The number of aryl methyl sites for hydroxylation is 2. The van der Waals surface area contributed by atoms with Crippen LogP contribution in [0.3, 0.4) is 0 Å². The Bertz CT molecular complexity index is 761. The number of anilines is 2. The molecule has 196 valence electrons. The highest BCUT2D eigenvalue weighted by molar-refractivity contribution is 5.79. The minimum absolute atomic E-state index is 0.602. The summed E-state index contributed by atoms with van der Waals surface area (Å²) in [5, 5.41) is 3.48. The lowest BCUT2D eigenvalue weighted by molar-refractivity contribution is 0.221. The van der Waals surface area contributed by atoms with Crippen LogP contribution in [0.2, 0.25) is 0 Å². The van der Waals surface area contributed by atoms with Crippen LogP contribution in [0.1, 0.15) is 104 Å². The minimum atomic E-state index is 0.602. The number of benzene rings is 2. The first kappa shape index (κ1) is 36.3. The number of hydrogen-bond acceptors (Lipinski definition) is 3. The Morgan fingerprint density at radius 1 is 0.882 bits per heavy atom. The van der Waals surface area contributed by atoms with E-state index in [0.29, 0.717) is 6.04 Å². The number of nitrogens with zero attached hydrogens (tertiary/aromatic N) is 1. The lowest BCUT2D eigenvalue weighted by Crippen LogP contribution is -2.30. The minimum Gasteiger partial charge on any atom is -0.399 e. The van der Waals surface area contributed by atoms with E-state index in [-0.39, 0.29) is 0 Å². The van der Waals surface area contributed by atoms with Crippen LogP contribution in [-0.2, 0) is 6.54 Å². The van der Waals surface area contributed by atoms with Gasteiger partial charge in [-0.2, -0.15) is 0 Å². The predicted octanol–water partition coefficient (Wildman–Crippen LogP) is 9.69. The summed E-state index contributed by atoms with van der Waals surface area (Å²) in [6.45, 7) is 29.9. The highest BCUT2D eigenvalue weighted by atomic mass is 15.1. The van der Waals surface area contributed by atoms with Crippen LogP contribution in [0.25, 0.3) is 5.70 Å². The van der Waals surface area contributed by atoms with E-state index in [1.54, 1.807) is 0 Å². The summed E-state index contributed by atoms with van der Waals surface area (Å²) in [7, 11) is 2.21. The zero-order chi connectivity index (χ0) is 27.3. The molecule has 2 aromatic carbocycles. The van der Waals surface area contributed by atoms with Gasteiger partial charge in [-0.25, -0.2) is 0 Å². The molecule has 2 aromatic rings. The fraction of sp³-hybridized carbons (Fsp3) is 0.548. The van der Waals surface area contributed by atoms with Crippen LogP contribution in [-0.4, -0.2) is 18.0 Å². The SMILES string of the molecule is C=C(Nc1ccc(N)cc1C)c1cc(C)ccc1CN(C)C(CC)CC.CC.CC.CC.CC. The van der Waals surface area contributed by atoms with Gasteiger partial charge in [-0.15, -0.1) is 0 Å². The van der Waals surface area contributed by atoms with Crippen LogP contribution in [0.15, 0.2) is 43.0 Å². The molecule has 0 aliphatic carbocycles. The maximum atomic E-state index is 5.87. The van der Waals surface area contributed by atoms with Crippen LogP contribution in [0, 0.1) is 13.8 Å². The maximum absolute atomic E-state index is 5.87. The zero-order valence-electron chi connectivity index (χ0n) is 24.9. The average molecular weight is 472 g/mol. The number of rotatable bonds is 8. The van der Waals surface area contributed by atoms with Crippen LogP contribution in [0.5, 0.6) is 0 Å². The monoisotopic (exact) mass is 471 g/mol. The molecule has 0 spiro atoms. The van der Waals surface area contributed by atoms with Gasteiger partial charge in [0.2, 0.25) is 0 Å². The van der Waals surface area contributed by atoms with Gasteiger partial charge in [0.05, 0.1) is 0 Å². The molecule has 0 atom stereocenters. The predicted molar refractivity (Wildman–Crippen MR) is 161 cm³/mol. The summed E-state index contributed by atoms with van der Waals surface area (Å²) in [5.74, 6) is 0. The molecule has 3 heteroatoms. The zero-order valence-corrected chi connectivity index (χ0v) is 24.9. The van der Waals surface area contributed by atoms with E-state index in [4.69, 9.17) is 5.73 Å². The molecule has 0 heterocycles. The molecule has 0 radical (unpaired) electrons. The maximum Gasteiger partial charge on any atom is 0.0415 e. The van der Waals surface area contributed by atoms with Gasteiger partial charge in [0, 0.05) is 35.2 Å². The summed E-state index contributed by atoms with van der Waals surface area (Å²) in [6.07, 6.45) is 2.33. The molecular weight excluding hydrogens is 414 g/mol. The van der Waals surface area contributed by atoms with Gasteiger partial charge < -0.3 is 11.1 Å². The topological polar surface area (TPSA) is 41.3 Å². The second-order valence-electron chi connectivity index (χ2n) is 7.22. The van der Waals surface area contributed by atoms with Gasteiger partial charge in [0.15, 0.2) is 0 Å². The summed E-state index contributed by atoms with van der Waals surface area (Å²) in [6, 6.07) is 13.1. The molecule has 0 aliphatic heterocycles. The van der Waals surface area contributed by atoms with Gasteiger partial charge in [-0.05, 0) is 69.1 Å². The lowest BCUT2D eigenvalue weighted by atomic mass is 10.00. The van der Waals surface area contributed by atoms with Crippen molar-refractivity contribution in [1.29, 1.82) is 0 Å². The van der Waals surface area contributed by atoms with E-state index < -0.39 is 0 Å². The molecule has 0 fully saturated rings. The van der Waals surface area contributed by atoms with Crippen LogP contribution in [0.4, 0.5) is 11.4 Å². The molecule has 34 heavy (non-hydrogen) atoms. The van der Waals surface area contributed by atoms with Gasteiger partial charge in [-0.1, -0.05) is 93.5 Å².